The number of primary amides is 1. The molecule has 1 atom stereocenters. The third-order valence-electron chi connectivity index (χ3n) is 3.42. The van der Waals surface area contributed by atoms with Gasteiger partial charge in [-0.1, -0.05) is 22.0 Å². The molecule has 1 unspecified atom stereocenters. The number of hydrogen-bond acceptors (Lipinski definition) is 7. The summed E-state index contributed by atoms with van der Waals surface area (Å²) in [4.78, 5) is 34.1. The number of halogens is 2. The number of rotatable bonds is 9. The number of benzene rings is 1. The minimum absolute atomic E-state index is 0.0194. The van der Waals surface area contributed by atoms with Crippen molar-refractivity contribution in [1.82, 2.24) is 9.69 Å². The molecule has 13 heteroatoms. The molecular weight excluding hydrogens is 475 g/mol. The Labute approximate surface area is 176 Å². The number of carbonyl (C=O) groups excluding carboxylic acids is 2. The standard InChI is InChI=1S/C16H16BrFN4O6S/c17-8-2-1-7(10(18)3-8)6-28-14-12(13(19)26)15(29-22-14)21-16(27)20-5-9(23)4-11(24)25/h1-3,9,23H,4-6H2,(H2,19,26)(H,24,25)(H2,20,21,27). The number of ether oxygens (including phenoxy) is 1. The SMILES string of the molecule is NC(=O)c1c(OCc2ccc(Br)cc2F)nsc1NC(=O)NCC(O)CC(=O)O. The number of carboxylic acid groups (broad SMARTS) is 1. The quantitative estimate of drug-likeness (QED) is 0.356. The van der Waals surface area contributed by atoms with Gasteiger partial charge in [-0.05, 0) is 23.7 Å². The summed E-state index contributed by atoms with van der Waals surface area (Å²) in [5.74, 6) is -2.84. The molecule has 1 heterocycles. The van der Waals surface area contributed by atoms with Gasteiger partial charge in [-0.3, -0.25) is 14.9 Å². The van der Waals surface area contributed by atoms with E-state index < -0.39 is 36.2 Å². The topological polar surface area (TPSA) is 164 Å². The molecule has 2 rings (SSSR count). The molecule has 6 N–H and O–H groups in total. The van der Waals surface area contributed by atoms with Gasteiger partial charge < -0.3 is 26.0 Å². The molecular formula is C16H16BrFN4O6S. The number of aromatic nitrogens is 1. The smallest absolute Gasteiger partial charge is 0.320 e. The van der Waals surface area contributed by atoms with Gasteiger partial charge in [0.2, 0.25) is 5.88 Å². The fraction of sp³-hybridized carbons (Fsp3) is 0.250. The van der Waals surface area contributed by atoms with Gasteiger partial charge in [-0.15, -0.1) is 0 Å². The Bertz CT molecular complexity index is 925. The molecule has 0 spiro atoms. The number of amides is 3. The van der Waals surface area contributed by atoms with Crippen LogP contribution in [0.2, 0.25) is 0 Å². The lowest BCUT2D eigenvalue weighted by atomic mass is 10.2. The predicted octanol–water partition coefficient (Wildman–Crippen LogP) is 1.68. The van der Waals surface area contributed by atoms with Gasteiger partial charge in [0.25, 0.3) is 5.91 Å². The predicted molar refractivity (Wildman–Crippen MR) is 104 cm³/mol. The van der Waals surface area contributed by atoms with Crippen LogP contribution in [0.1, 0.15) is 22.3 Å². The molecule has 3 amide bonds. The van der Waals surface area contributed by atoms with Gasteiger partial charge in [-0.2, -0.15) is 4.37 Å². The van der Waals surface area contributed by atoms with E-state index in [1.165, 1.54) is 12.1 Å². The zero-order valence-corrected chi connectivity index (χ0v) is 17.0. The highest BCUT2D eigenvalue weighted by Crippen LogP contribution is 2.31. The van der Waals surface area contributed by atoms with Crippen LogP contribution in [0.3, 0.4) is 0 Å². The molecule has 0 aliphatic heterocycles. The molecule has 0 bridgehead atoms. The number of nitrogens with zero attached hydrogens (tertiary/aromatic N) is 1. The van der Waals surface area contributed by atoms with Crippen molar-refractivity contribution in [2.45, 2.75) is 19.1 Å². The summed E-state index contributed by atoms with van der Waals surface area (Å²) in [6, 6.07) is 3.55. The molecule has 0 saturated carbocycles. The van der Waals surface area contributed by atoms with Crippen molar-refractivity contribution >= 4 is 50.4 Å². The van der Waals surface area contributed by atoms with Crippen molar-refractivity contribution in [1.29, 1.82) is 0 Å². The van der Waals surface area contributed by atoms with Gasteiger partial charge in [0.05, 0.1) is 12.5 Å². The number of aliphatic hydroxyl groups is 1. The monoisotopic (exact) mass is 490 g/mol. The number of nitrogens with one attached hydrogen (secondary N) is 2. The van der Waals surface area contributed by atoms with E-state index in [1.54, 1.807) is 6.07 Å². The second kappa shape index (κ2) is 10.1. The molecule has 0 saturated heterocycles. The van der Waals surface area contributed by atoms with Gasteiger partial charge in [-0.25, -0.2) is 9.18 Å². The fourth-order valence-electron chi connectivity index (χ4n) is 2.09. The molecule has 10 nitrogen and oxygen atoms in total. The maximum atomic E-state index is 13.9. The average Bonchev–Trinajstić information content (AvgIpc) is 3.01. The second-order valence-electron chi connectivity index (χ2n) is 5.67. The highest BCUT2D eigenvalue weighted by atomic mass is 79.9. The van der Waals surface area contributed by atoms with Crippen molar-refractivity contribution in [2.24, 2.45) is 5.73 Å². The summed E-state index contributed by atoms with van der Waals surface area (Å²) in [6.45, 7) is -0.550. The van der Waals surface area contributed by atoms with Crippen LogP contribution in [0.15, 0.2) is 22.7 Å². The third kappa shape index (κ3) is 6.66. The zero-order valence-electron chi connectivity index (χ0n) is 14.6. The van der Waals surface area contributed by atoms with Crippen LogP contribution in [-0.4, -0.2) is 45.1 Å². The fourth-order valence-corrected chi connectivity index (χ4v) is 3.16. The van der Waals surface area contributed by atoms with Crippen LogP contribution >= 0.6 is 27.5 Å². The summed E-state index contributed by atoms with van der Waals surface area (Å²) in [7, 11) is 0. The first-order valence-electron chi connectivity index (χ1n) is 7.98. The molecule has 29 heavy (non-hydrogen) atoms. The molecule has 0 aliphatic rings. The Morgan fingerprint density at radius 2 is 2.10 bits per heavy atom. The first-order valence-corrected chi connectivity index (χ1v) is 9.55. The highest BCUT2D eigenvalue weighted by molar-refractivity contribution is 9.10. The lowest BCUT2D eigenvalue weighted by Crippen LogP contribution is -2.36. The van der Waals surface area contributed by atoms with Crippen molar-refractivity contribution in [3.8, 4) is 5.88 Å². The Kier molecular flexibility index (Phi) is 7.87. The van der Waals surface area contributed by atoms with Gasteiger partial charge >= 0.3 is 12.0 Å². The molecule has 156 valence electrons. The molecule has 0 aliphatic carbocycles. The lowest BCUT2D eigenvalue weighted by Gasteiger charge is -2.10. The summed E-state index contributed by atoms with van der Waals surface area (Å²) >= 11 is 3.85. The van der Waals surface area contributed by atoms with E-state index in [9.17, 15) is 23.9 Å². The van der Waals surface area contributed by atoms with Gasteiger partial charge in [0.15, 0.2) is 0 Å². The summed E-state index contributed by atoms with van der Waals surface area (Å²) < 4.78 is 23.7. The van der Waals surface area contributed by atoms with E-state index in [0.717, 1.165) is 0 Å². The summed E-state index contributed by atoms with van der Waals surface area (Å²) in [5, 5.41) is 22.6. The molecule has 2 aromatic rings. The van der Waals surface area contributed by atoms with E-state index in [-0.39, 0.29) is 35.2 Å². The van der Waals surface area contributed by atoms with Crippen molar-refractivity contribution < 1.29 is 33.7 Å². The van der Waals surface area contributed by atoms with E-state index in [1.807, 2.05) is 0 Å². The molecule has 0 radical (unpaired) electrons. The minimum Gasteiger partial charge on any atom is -0.481 e. The Hall–Kier alpha value is -2.77. The van der Waals surface area contributed by atoms with Crippen molar-refractivity contribution in [3.63, 3.8) is 0 Å². The van der Waals surface area contributed by atoms with Gasteiger partial charge in [0, 0.05) is 16.6 Å². The second-order valence-corrected chi connectivity index (χ2v) is 7.36. The minimum atomic E-state index is -1.28. The number of aliphatic hydroxyl groups excluding tert-OH is 1. The third-order valence-corrected chi connectivity index (χ3v) is 4.66. The van der Waals surface area contributed by atoms with E-state index in [4.69, 9.17) is 15.6 Å². The molecule has 1 aromatic heterocycles. The maximum Gasteiger partial charge on any atom is 0.320 e. The normalized spacial score (nSPS) is 11.6. The number of carboxylic acids is 1. The number of nitrogens with two attached hydrogens (primary N) is 1. The van der Waals surface area contributed by atoms with Crippen LogP contribution in [0.5, 0.6) is 5.88 Å². The zero-order chi connectivity index (χ0) is 21.6. The number of carbonyl (C=O) groups is 3. The molecule has 0 fully saturated rings. The van der Waals surface area contributed by atoms with Crippen molar-refractivity contribution in [3.05, 3.63) is 39.6 Å². The largest absolute Gasteiger partial charge is 0.481 e. The van der Waals surface area contributed by atoms with Crippen LogP contribution in [0, 0.1) is 5.82 Å². The number of hydrogen-bond donors (Lipinski definition) is 5. The maximum absolute atomic E-state index is 13.9. The van der Waals surface area contributed by atoms with E-state index in [2.05, 4.69) is 30.9 Å². The van der Waals surface area contributed by atoms with Gasteiger partial charge in [0.1, 0.15) is 23.0 Å². The summed E-state index contributed by atoms with van der Waals surface area (Å²) in [6.07, 6.45) is -1.83. The summed E-state index contributed by atoms with van der Waals surface area (Å²) in [5.41, 5.74) is 5.34. The van der Waals surface area contributed by atoms with Crippen LogP contribution in [0.4, 0.5) is 14.2 Å². The van der Waals surface area contributed by atoms with E-state index >= 15 is 0 Å². The average molecular weight is 491 g/mol. The van der Waals surface area contributed by atoms with E-state index in [0.29, 0.717) is 16.0 Å². The molecule has 1 aromatic carbocycles. The van der Waals surface area contributed by atoms with Crippen molar-refractivity contribution in [2.75, 3.05) is 11.9 Å². The first-order chi connectivity index (χ1) is 13.7. The van der Waals surface area contributed by atoms with Crippen LogP contribution < -0.4 is 21.1 Å². The lowest BCUT2D eigenvalue weighted by molar-refractivity contribution is -0.139. The number of urea groups is 1. The highest BCUT2D eigenvalue weighted by Gasteiger charge is 2.22. The van der Waals surface area contributed by atoms with Crippen LogP contribution in [0.25, 0.3) is 0 Å². The van der Waals surface area contributed by atoms with Crippen LogP contribution in [-0.2, 0) is 11.4 Å². The Morgan fingerprint density at radius 1 is 1.38 bits per heavy atom. The first kappa shape index (κ1) is 22.5. The Morgan fingerprint density at radius 3 is 2.72 bits per heavy atom. The Balaban J connectivity index is 2.03. The number of aliphatic carboxylic acids is 1. The number of anilines is 1.